The summed E-state index contributed by atoms with van der Waals surface area (Å²) in [4.78, 5) is 18.7. The summed E-state index contributed by atoms with van der Waals surface area (Å²) in [5, 5.41) is 20.4. The summed E-state index contributed by atoms with van der Waals surface area (Å²) in [7, 11) is 0. The van der Waals surface area contributed by atoms with Crippen LogP contribution < -0.4 is 4.74 Å². The van der Waals surface area contributed by atoms with E-state index in [0.29, 0.717) is 12.3 Å². The van der Waals surface area contributed by atoms with Crippen molar-refractivity contribution >= 4 is 35.4 Å². The Morgan fingerprint density at radius 1 is 0.854 bits per heavy atom. The Morgan fingerprint density at radius 3 is 2.37 bits per heavy atom. The molecule has 2 aliphatic rings. The minimum atomic E-state index is -0.349. The average molecular weight is 564 g/mol. The average Bonchev–Trinajstić information content (AvgIpc) is 3.63. The predicted octanol–water partition coefficient (Wildman–Crippen LogP) is 8.03. The van der Waals surface area contributed by atoms with Crippen LogP contribution in [0, 0.1) is 10.1 Å². The number of unbranched alkanes of at least 4 members (excludes halogenated alkanes) is 1. The van der Waals surface area contributed by atoms with Gasteiger partial charge in [-0.3, -0.25) is 20.0 Å². The van der Waals surface area contributed by atoms with Gasteiger partial charge in [0.25, 0.3) is 5.69 Å². The Kier molecular flexibility index (Phi) is 7.89. The lowest BCUT2D eigenvalue weighted by Gasteiger charge is -2.19. The molecule has 4 aromatic rings. The number of benzene rings is 4. The van der Waals surface area contributed by atoms with Crippen molar-refractivity contribution in [1.82, 2.24) is 4.90 Å². The molecule has 0 N–H and O–H groups in total. The summed E-state index contributed by atoms with van der Waals surface area (Å²) < 4.78 is 6.28. The number of ether oxygens (including phenoxy) is 1. The third-order valence-corrected chi connectivity index (χ3v) is 7.60. The van der Waals surface area contributed by atoms with Gasteiger partial charge in [-0.15, -0.1) is 0 Å². The van der Waals surface area contributed by atoms with E-state index in [0.717, 1.165) is 52.4 Å². The third-order valence-electron chi connectivity index (χ3n) is 7.29. The lowest BCUT2D eigenvalue weighted by atomic mass is 10.0. The second-order valence-corrected chi connectivity index (χ2v) is 10.4. The quantitative estimate of drug-likeness (QED) is 0.0499. The third kappa shape index (κ3) is 5.77. The number of nitro groups is 1. The van der Waals surface area contributed by atoms with Gasteiger partial charge in [0, 0.05) is 17.7 Å². The van der Waals surface area contributed by atoms with Crippen molar-refractivity contribution in [2.24, 2.45) is 15.2 Å². The number of thiol groups is 1. The van der Waals surface area contributed by atoms with Crippen LogP contribution in [0.5, 0.6) is 5.75 Å². The van der Waals surface area contributed by atoms with Crippen molar-refractivity contribution in [2.75, 3.05) is 12.4 Å². The van der Waals surface area contributed by atoms with Crippen LogP contribution in [0.3, 0.4) is 0 Å². The summed E-state index contributed by atoms with van der Waals surface area (Å²) in [5.41, 5.74) is 5.33. The summed E-state index contributed by atoms with van der Waals surface area (Å²) in [6, 6.07) is 32.4. The molecule has 0 spiro atoms. The van der Waals surface area contributed by atoms with Crippen LogP contribution in [0.4, 0.5) is 17.1 Å². The number of aliphatic imine (C=N–C) groups is 1. The molecule has 4 atom stereocenters. The van der Waals surface area contributed by atoms with Gasteiger partial charge < -0.3 is 4.74 Å². The smallest absolute Gasteiger partial charge is 0.269 e. The highest BCUT2D eigenvalue weighted by molar-refractivity contribution is 7.80. The zero-order valence-electron chi connectivity index (χ0n) is 22.3. The molecule has 0 bridgehead atoms. The maximum Gasteiger partial charge on any atom is 0.269 e. The van der Waals surface area contributed by atoms with E-state index in [1.54, 1.807) is 12.1 Å². The lowest BCUT2D eigenvalue weighted by Crippen LogP contribution is -2.10. The summed E-state index contributed by atoms with van der Waals surface area (Å²) in [5.74, 6) is 1.55. The first-order valence-electron chi connectivity index (χ1n) is 13.6. The first-order chi connectivity index (χ1) is 20.1. The number of azo groups is 1. The van der Waals surface area contributed by atoms with E-state index < -0.39 is 0 Å². The molecule has 6 rings (SSSR count). The Balaban J connectivity index is 1.39. The van der Waals surface area contributed by atoms with Gasteiger partial charge in [0.2, 0.25) is 0 Å². The number of hydrogen-bond acceptors (Lipinski definition) is 8. The zero-order chi connectivity index (χ0) is 28.2. The van der Waals surface area contributed by atoms with Crippen LogP contribution in [0.15, 0.2) is 118 Å². The molecule has 0 amide bonds. The first-order valence-corrected chi connectivity index (χ1v) is 14.3. The van der Waals surface area contributed by atoms with Crippen LogP contribution in [-0.4, -0.2) is 33.9 Å². The van der Waals surface area contributed by atoms with E-state index in [4.69, 9.17) is 9.73 Å². The zero-order valence-corrected chi connectivity index (χ0v) is 23.2. The molecule has 0 radical (unpaired) electrons. The monoisotopic (exact) mass is 563 g/mol. The van der Waals surface area contributed by atoms with Crippen molar-refractivity contribution < 1.29 is 9.66 Å². The van der Waals surface area contributed by atoms with Gasteiger partial charge >= 0.3 is 0 Å². The van der Waals surface area contributed by atoms with Crippen LogP contribution in [0.2, 0.25) is 0 Å². The molecule has 206 valence electrons. The van der Waals surface area contributed by atoms with E-state index in [9.17, 15) is 10.1 Å². The number of hydrogen-bond donors (Lipinski definition) is 1. The van der Waals surface area contributed by atoms with Crippen molar-refractivity contribution in [3.05, 3.63) is 130 Å². The maximum atomic E-state index is 11.5. The van der Waals surface area contributed by atoms with Crippen LogP contribution in [0.1, 0.15) is 41.7 Å². The Labute approximate surface area is 244 Å². The molecule has 41 heavy (non-hydrogen) atoms. The Bertz CT molecular complexity index is 1600. The number of rotatable bonds is 11. The van der Waals surface area contributed by atoms with Gasteiger partial charge in [-0.1, -0.05) is 60.7 Å². The highest BCUT2D eigenvalue weighted by Crippen LogP contribution is 2.57. The molecule has 0 saturated carbocycles. The van der Waals surface area contributed by atoms with E-state index in [1.807, 2.05) is 72.8 Å². The van der Waals surface area contributed by atoms with Crippen molar-refractivity contribution in [2.45, 2.75) is 31.1 Å². The molecule has 4 aromatic carbocycles. The van der Waals surface area contributed by atoms with Gasteiger partial charge in [-0.25, -0.2) is 0 Å². The van der Waals surface area contributed by atoms with Gasteiger partial charge in [0.05, 0.1) is 40.7 Å². The summed E-state index contributed by atoms with van der Waals surface area (Å²) in [6.07, 6.45) is 1.51. The molecule has 0 aliphatic carbocycles. The van der Waals surface area contributed by atoms with E-state index in [-0.39, 0.29) is 28.9 Å². The van der Waals surface area contributed by atoms with Gasteiger partial charge in [-0.05, 0) is 60.1 Å². The minimum Gasteiger partial charge on any atom is -0.493 e. The maximum absolute atomic E-state index is 11.5. The fourth-order valence-corrected chi connectivity index (χ4v) is 5.54. The van der Waals surface area contributed by atoms with E-state index >= 15 is 0 Å². The molecule has 1 fully saturated rings. The molecular formula is C32H29N5O3S. The number of nitro benzene ring substituents is 1. The van der Waals surface area contributed by atoms with Crippen molar-refractivity contribution in [1.29, 1.82) is 0 Å². The highest BCUT2D eigenvalue weighted by atomic mass is 32.1. The molecule has 0 aromatic heterocycles. The normalized spacial score (nSPS) is 21.0. The molecule has 2 heterocycles. The molecular weight excluding hydrogens is 534 g/mol. The minimum absolute atomic E-state index is 0.00367. The number of nitrogens with zero attached hydrogens (tertiary/aromatic N) is 5. The predicted molar refractivity (Wildman–Crippen MR) is 163 cm³/mol. The van der Waals surface area contributed by atoms with E-state index in [1.165, 1.54) is 6.07 Å². The lowest BCUT2D eigenvalue weighted by molar-refractivity contribution is -0.384. The second kappa shape index (κ2) is 12.0. The fraction of sp³-hybridized carbons (Fsp3) is 0.219. The van der Waals surface area contributed by atoms with Gasteiger partial charge in [0.15, 0.2) is 0 Å². The molecule has 1 saturated heterocycles. The topological polar surface area (TPSA) is 92.5 Å². The number of non-ortho nitro benzene ring substituents is 1. The highest BCUT2D eigenvalue weighted by Gasteiger charge is 2.60. The molecule has 4 unspecified atom stereocenters. The summed E-state index contributed by atoms with van der Waals surface area (Å²) >= 11 is 4.32. The largest absolute Gasteiger partial charge is 0.493 e. The van der Waals surface area contributed by atoms with Crippen LogP contribution >= 0.6 is 12.6 Å². The summed E-state index contributed by atoms with van der Waals surface area (Å²) in [6.45, 7) is 0.568. The SMILES string of the molecule is O=[N+]([O-])c1cccc(C2C3C(c4ccccc4)=NC(c4cc(N=Nc5ccccc5)ccc4OCCCCS)N32)c1. The van der Waals surface area contributed by atoms with Crippen molar-refractivity contribution in [3.8, 4) is 5.75 Å². The fourth-order valence-electron chi connectivity index (χ4n) is 5.32. The van der Waals surface area contributed by atoms with Gasteiger partial charge in [-0.2, -0.15) is 22.9 Å². The number of fused-ring (bicyclic) bond motifs is 1. The van der Waals surface area contributed by atoms with Crippen LogP contribution in [0.25, 0.3) is 0 Å². The molecule has 9 heteroatoms. The van der Waals surface area contributed by atoms with Crippen molar-refractivity contribution in [3.63, 3.8) is 0 Å². The Morgan fingerprint density at radius 2 is 1.61 bits per heavy atom. The van der Waals surface area contributed by atoms with Crippen LogP contribution in [-0.2, 0) is 0 Å². The standard InChI is InChI=1S/C32H29N5O3S/c38-37(39)26-15-9-12-23(20-26)30-31-29(22-10-3-1-4-11-22)33-32(36(30)31)27-21-25(35-34-24-13-5-2-6-14-24)16-17-28(27)40-18-7-8-19-41/h1-6,9-17,20-21,30-32,41H,7-8,18-19H2. The van der Waals surface area contributed by atoms with Gasteiger partial charge in [0.1, 0.15) is 11.9 Å². The van der Waals surface area contributed by atoms with E-state index in [2.05, 4.69) is 39.9 Å². The Hall–Kier alpha value is -4.34. The second-order valence-electron chi connectivity index (χ2n) is 9.98. The molecule has 2 aliphatic heterocycles. The molecule has 8 nitrogen and oxygen atoms in total. The first kappa shape index (κ1) is 26.9.